The Morgan fingerprint density at radius 3 is 1.91 bits per heavy atom. The van der Waals surface area contributed by atoms with Gasteiger partial charge in [-0.1, -0.05) is 114 Å². The minimum absolute atomic E-state index is 0.00421. The van der Waals surface area contributed by atoms with Crippen LogP contribution in [-0.4, -0.2) is 53.8 Å². The first-order valence-corrected chi connectivity index (χ1v) is 13.4. The Morgan fingerprint density at radius 2 is 1.39 bits per heavy atom. The Bertz CT molecular complexity index is 582. The Morgan fingerprint density at radius 1 is 0.879 bits per heavy atom. The molecule has 0 aliphatic heterocycles. The lowest BCUT2D eigenvalue weighted by molar-refractivity contribution is -0.123. The smallest absolute Gasteiger partial charge is 0.220 e. The number of carbonyl (C=O) groups is 1. The van der Waals surface area contributed by atoms with Crippen LogP contribution in [0, 0.1) is 0 Å². The first-order valence-electron chi connectivity index (χ1n) is 13.4. The number of hydrogen-bond donors (Lipinski definition) is 3. The fraction of sp³-hybridized carbons (Fsp3) is 0.750. The summed E-state index contributed by atoms with van der Waals surface area (Å²) >= 11 is 0. The van der Waals surface area contributed by atoms with Crippen LogP contribution in [-0.2, 0) is 4.79 Å². The first-order chi connectivity index (χ1) is 16.1. The number of nitrogens with zero attached hydrogens (tertiary/aromatic N) is 1. The number of unbranched alkanes of at least 4 members (excludes halogenated alkanes) is 12. The minimum atomic E-state index is -0.775. The second kappa shape index (κ2) is 20.0. The standard InChI is InChI=1S/C28H50N2O3/c1-3-4-5-6-7-8-9-10-11-12-13-14-18-21-27(32)29-26(24-30(2)22-23-31)28(33)25-19-16-15-17-20-25/h15-17,19-20,26,28,31,33H,3-14,18,21-24H2,1-2H3,(H,29,32)/t26-,28-/m1/s1. The molecule has 1 aromatic carbocycles. The second-order valence-corrected chi connectivity index (χ2v) is 9.51. The van der Waals surface area contributed by atoms with Gasteiger partial charge in [-0.25, -0.2) is 0 Å². The van der Waals surface area contributed by atoms with Crippen LogP contribution in [0.15, 0.2) is 30.3 Å². The Balaban J connectivity index is 2.21. The van der Waals surface area contributed by atoms with Gasteiger partial charge in [-0.2, -0.15) is 0 Å². The molecule has 2 atom stereocenters. The lowest BCUT2D eigenvalue weighted by Gasteiger charge is -2.28. The Hall–Kier alpha value is -1.43. The summed E-state index contributed by atoms with van der Waals surface area (Å²) in [5, 5.41) is 23.0. The van der Waals surface area contributed by atoms with Gasteiger partial charge in [0.15, 0.2) is 0 Å². The predicted molar refractivity (Wildman–Crippen MR) is 138 cm³/mol. The maximum absolute atomic E-state index is 12.5. The molecule has 0 spiro atoms. The Labute approximate surface area is 203 Å². The highest BCUT2D eigenvalue weighted by molar-refractivity contribution is 5.76. The molecule has 5 nitrogen and oxygen atoms in total. The van der Waals surface area contributed by atoms with Crippen molar-refractivity contribution in [2.24, 2.45) is 0 Å². The van der Waals surface area contributed by atoms with E-state index in [0.29, 0.717) is 19.5 Å². The number of aliphatic hydroxyl groups excluding tert-OH is 2. The number of likely N-dealkylation sites (N-methyl/N-ethyl adjacent to an activating group) is 1. The summed E-state index contributed by atoms with van der Waals surface area (Å²) < 4.78 is 0. The molecule has 1 aromatic rings. The molecule has 0 fully saturated rings. The molecule has 0 bridgehead atoms. The van der Waals surface area contributed by atoms with Crippen molar-refractivity contribution in [1.82, 2.24) is 10.2 Å². The van der Waals surface area contributed by atoms with Crippen molar-refractivity contribution in [2.75, 3.05) is 26.7 Å². The molecule has 0 aliphatic rings. The summed E-state index contributed by atoms with van der Waals surface area (Å²) in [5.41, 5.74) is 0.793. The average Bonchev–Trinajstić information content (AvgIpc) is 2.82. The van der Waals surface area contributed by atoms with Crippen LogP contribution in [0.25, 0.3) is 0 Å². The highest BCUT2D eigenvalue weighted by Gasteiger charge is 2.24. The quantitative estimate of drug-likeness (QED) is 0.208. The maximum atomic E-state index is 12.5. The van der Waals surface area contributed by atoms with E-state index in [4.69, 9.17) is 0 Å². The number of carbonyl (C=O) groups excluding carboxylic acids is 1. The SMILES string of the molecule is CCCCCCCCCCCCCCCC(=O)N[C@H](CN(C)CCO)[C@H](O)c1ccccc1. The molecule has 0 heterocycles. The molecular weight excluding hydrogens is 412 g/mol. The van der Waals surface area contributed by atoms with Gasteiger partial charge in [-0.05, 0) is 19.0 Å². The molecule has 0 radical (unpaired) electrons. The number of aliphatic hydroxyl groups is 2. The third-order valence-electron chi connectivity index (χ3n) is 6.37. The minimum Gasteiger partial charge on any atom is -0.395 e. The predicted octanol–water partition coefficient (Wildman–Crippen LogP) is 5.61. The second-order valence-electron chi connectivity index (χ2n) is 9.51. The van der Waals surface area contributed by atoms with E-state index in [-0.39, 0.29) is 12.5 Å². The summed E-state index contributed by atoms with van der Waals surface area (Å²) in [6, 6.07) is 9.05. The van der Waals surface area contributed by atoms with E-state index < -0.39 is 12.1 Å². The maximum Gasteiger partial charge on any atom is 0.220 e. The molecule has 190 valence electrons. The molecule has 0 saturated carbocycles. The summed E-state index contributed by atoms with van der Waals surface area (Å²) in [5.74, 6) is -0.00421. The number of hydrogen-bond acceptors (Lipinski definition) is 4. The zero-order chi connectivity index (χ0) is 24.2. The molecule has 0 aliphatic carbocycles. The highest BCUT2D eigenvalue weighted by Crippen LogP contribution is 2.18. The molecule has 5 heteroatoms. The van der Waals surface area contributed by atoms with Crippen molar-refractivity contribution in [3.63, 3.8) is 0 Å². The van der Waals surface area contributed by atoms with Crippen molar-refractivity contribution in [3.8, 4) is 0 Å². The lowest BCUT2D eigenvalue weighted by Crippen LogP contribution is -2.46. The van der Waals surface area contributed by atoms with Crippen molar-refractivity contribution in [1.29, 1.82) is 0 Å². The van der Waals surface area contributed by atoms with Crippen molar-refractivity contribution in [3.05, 3.63) is 35.9 Å². The van der Waals surface area contributed by atoms with Gasteiger partial charge in [0.25, 0.3) is 0 Å². The highest BCUT2D eigenvalue weighted by atomic mass is 16.3. The Kier molecular flexibility index (Phi) is 17.9. The monoisotopic (exact) mass is 462 g/mol. The molecule has 33 heavy (non-hydrogen) atoms. The number of benzene rings is 1. The zero-order valence-electron chi connectivity index (χ0n) is 21.3. The van der Waals surface area contributed by atoms with Crippen LogP contribution in [0.4, 0.5) is 0 Å². The van der Waals surface area contributed by atoms with Gasteiger partial charge >= 0.3 is 0 Å². The lowest BCUT2D eigenvalue weighted by atomic mass is 10.0. The van der Waals surface area contributed by atoms with Crippen molar-refractivity contribution in [2.45, 2.75) is 109 Å². The number of rotatable bonds is 21. The summed E-state index contributed by atoms with van der Waals surface area (Å²) in [6.07, 6.45) is 16.4. The van der Waals surface area contributed by atoms with Gasteiger partial charge in [0.2, 0.25) is 5.91 Å². The molecule has 3 N–H and O–H groups in total. The van der Waals surface area contributed by atoms with E-state index >= 15 is 0 Å². The third-order valence-corrected chi connectivity index (χ3v) is 6.37. The molecular formula is C28H50N2O3. The summed E-state index contributed by atoms with van der Waals surface area (Å²) in [6.45, 7) is 3.31. The van der Waals surface area contributed by atoms with Crippen LogP contribution in [0.3, 0.4) is 0 Å². The molecule has 0 saturated heterocycles. The van der Waals surface area contributed by atoms with Gasteiger partial charge in [0.1, 0.15) is 6.10 Å². The van der Waals surface area contributed by atoms with Crippen LogP contribution < -0.4 is 5.32 Å². The van der Waals surface area contributed by atoms with E-state index in [9.17, 15) is 15.0 Å². The molecule has 1 rings (SSSR count). The van der Waals surface area contributed by atoms with Gasteiger partial charge < -0.3 is 20.4 Å². The average molecular weight is 463 g/mol. The number of amides is 1. The normalized spacial score (nSPS) is 13.2. The van der Waals surface area contributed by atoms with Gasteiger partial charge in [-0.15, -0.1) is 0 Å². The van der Waals surface area contributed by atoms with Gasteiger partial charge in [-0.3, -0.25) is 4.79 Å². The summed E-state index contributed by atoms with van der Waals surface area (Å²) in [7, 11) is 1.89. The van der Waals surface area contributed by atoms with Gasteiger partial charge in [0.05, 0.1) is 12.6 Å². The van der Waals surface area contributed by atoms with Gasteiger partial charge in [0, 0.05) is 19.5 Å². The largest absolute Gasteiger partial charge is 0.395 e. The molecule has 1 amide bonds. The van der Waals surface area contributed by atoms with Crippen LogP contribution in [0.1, 0.15) is 108 Å². The van der Waals surface area contributed by atoms with Crippen LogP contribution >= 0.6 is 0 Å². The van der Waals surface area contributed by atoms with Crippen LogP contribution in [0.2, 0.25) is 0 Å². The molecule has 0 unspecified atom stereocenters. The summed E-state index contributed by atoms with van der Waals surface area (Å²) in [4.78, 5) is 14.5. The van der Waals surface area contributed by atoms with Crippen molar-refractivity contribution < 1.29 is 15.0 Å². The topological polar surface area (TPSA) is 72.8 Å². The van der Waals surface area contributed by atoms with E-state index in [2.05, 4.69) is 12.2 Å². The van der Waals surface area contributed by atoms with E-state index in [1.807, 2.05) is 42.3 Å². The fourth-order valence-electron chi connectivity index (χ4n) is 4.29. The zero-order valence-corrected chi connectivity index (χ0v) is 21.3. The number of nitrogens with one attached hydrogen (secondary N) is 1. The van der Waals surface area contributed by atoms with E-state index in [1.54, 1.807) is 0 Å². The third kappa shape index (κ3) is 15.2. The van der Waals surface area contributed by atoms with E-state index in [1.165, 1.54) is 70.6 Å². The van der Waals surface area contributed by atoms with Crippen LogP contribution in [0.5, 0.6) is 0 Å². The first kappa shape index (κ1) is 29.6. The van der Waals surface area contributed by atoms with Crippen molar-refractivity contribution >= 4 is 5.91 Å². The fourth-order valence-corrected chi connectivity index (χ4v) is 4.29. The van der Waals surface area contributed by atoms with E-state index in [0.717, 1.165) is 18.4 Å². The molecule has 0 aromatic heterocycles.